The van der Waals surface area contributed by atoms with Crippen molar-refractivity contribution in [2.45, 2.75) is 37.1 Å². The second-order valence-electron chi connectivity index (χ2n) is 5.11. The van der Waals surface area contributed by atoms with Crippen molar-refractivity contribution in [1.29, 1.82) is 5.26 Å². The van der Waals surface area contributed by atoms with Crippen LogP contribution in [-0.2, 0) is 14.8 Å². The standard InChI is InChI=1S/C13H15ClN2O4S/c1-13(2,7-6-12(17)18)16-21(19,20)11-5-3-4-10(14)9(11)8-15/h3-5,16H,6-7H2,1-2H3,(H,17,18). The molecule has 0 aromatic heterocycles. The van der Waals surface area contributed by atoms with Gasteiger partial charge < -0.3 is 5.11 Å². The van der Waals surface area contributed by atoms with E-state index in [0.29, 0.717) is 0 Å². The van der Waals surface area contributed by atoms with Gasteiger partial charge in [-0.05, 0) is 32.4 Å². The molecule has 0 spiro atoms. The van der Waals surface area contributed by atoms with Gasteiger partial charge in [-0.2, -0.15) is 5.26 Å². The van der Waals surface area contributed by atoms with Crippen LogP contribution < -0.4 is 4.72 Å². The van der Waals surface area contributed by atoms with E-state index in [0.717, 1.165) is 0 Å². The van der Waals surface area contributed by atoms with Gasteiger partial charge in [-0.1, -0.05) is 17.7 Å². The van der Waals surface area contributed by atoms with Crippen molar-refractivity contribution in [3.63, 3.8) is 0 Å². The molecule has 0 aliphatic carbocycles. The van der Waals surface area contributed by atoms with Crippen LogP contribution >= 0.6 is 11.6 Å². The molecular weight excluding hydrogens is 316 g/mol. The molecule has 0 fully saturated rings. The zero-order valence-electron chi connectivity index (χ0n) is 11.6. The number of benzene rings is 1. The number of sulfonamides is 1. The fourth-order valence-electron chi connectivity index (χ4n) is 1.73. The summed E-state index contributed by atoms with van der Waals surface area (Å²) in [7, 11) is -3.98. The molecule has 0 heterocycles. The van der Waals surface area contributed by atoms with E-state index in [1.54, 1.807) is 19.9 Å². The molecule has 2 N–H and O–H groups in total. The number of hydrogen-bond donors (Lipinski definition) is 2. The first kappa shape index (κ1) is 17.4. The maximum absolute atomic E-state index is 12.4. The lowest BCUT2D eigenvalue weighted by molar-refractivity contribution is -0.137. The zero-order valence-corrected chi connectivity index (χ0v) is 13.1. The van der Waals surface area contributed by atoms with Crippen molar-refractivity contribution < 1.29 is 18.3 Å². The summed E-state index contributed by atoms with van der Waals surface area (Å²) in [5.41, 5.74) is -1.10. The van der Waals surface area contributed by atoms with Gasteiger partial charge in [0.1, 0.15) is 11.0 Å². The predicted molar refractivity (Wildman–Crippen MR) is 77.4 cm³/mol. The number of carboxylic acid groups (broad SMARTS) is 1. The molecule has 1 rings (SSSR count). The molecule has 0 bridgehead atoms. The Morgan fingerprint density at radius 1 is 1.48 bits per heavy atom. The van der Waals surface area contributed by atoms with Crippen LogP contribution in [0.25, 0.3) is 0 Å². The Morgan fingerprint density at radius 3 is 2.62 bits per heavy atom. The zero-order chi connectivity index (χ0) is 16.3. The topological polar surface area (TPSA) is 107 Å². The lowest BCUT2D eigenvalue weighted by atomic mass is 10.0. The highest BCUT2D eigenvalue weighted by Crippen LogP contribution is 2.25. The molecule has 6 nitrogen and oxygen atoms in total. The van der Waals surface area contributed by atoms with E-state index in [2.05, 4.69) is 4.72 Å². The van der Waals surface area contributed by atoms with Crippen LogP contribution in [0.3, 0.4) is 0 Å². The Hall–Kier alpha value is -1.62. The number of carbonyl (C=O) groups is 1. The molecule has 21 heavy (non-hydrogen) atoms. The highest BCUT2D eigenvalue weighted by Gasteiger charge is 2.29. The first-order valence-corrected chi connectivity index (χ1v) is 7.89. The molecule has 1 aromatic rings. The number of hydrogen-bond acceptors (Lipinski definition) is 4. The van der Waals surface area contributed by atoms with Crippen LogP contribution in [-0.4, -0.2) is 25.0 Å². The number of carboxylic acids is 1. The maximum Gasteiger partial charge on any atom is 0.303 e. The van der Waals surface area contributed by atoms with Crippen molar-refractivity contribution in [2.75, 3.05) is 0 Å². The number of nitrogens with one attached hydrogen (secondary N) is 1. The third kappa shape index (κ3) is 4.70. The van der Waals surface area contributed by atoms with Crippen molar-refractivity contribution >= 4 is 27.6 Å². The van der Waals surface area contributed by atoms with E-state index in [4.69, 9.17) is 22.0 Å². The van der Waals surface area contributed by atoms with E-state index in [-0.39, 0.29) is 28.3 Å². The van der Waals surface area contributed by atoms with Crippen LogP contribution in [0.1, 0.15) is 32.3 Å². The second-order valence-corrected chi connectivity index (χ2v) is 7.17. The Bertz CT molecular complexity index is 693. The number of nitriles is 1. The van der Waals surface area contributed by atoms with Gasteiger partial charge in [0.25, 0.3) is 0 Å². The highest BCUT2D eigenvalue weighted by molar-refractivity contribution is 7.89. The van der Waals surface area contributed by atoms with Crippen LogP contribution in [0.5, 0.6) is 0 Å². The van der Waals surface area contributed by atoms with Gasteiger partial charge >= 0.3 is 5.97 Å². The average molecular weight is 331 g/mol. The summed E-state index contributed by atoms with van der Waals surface area (Å²) in [5.74, 6) is -1.01. The van der Waals surface area contributed by atoms with Gasteiger partial charge in [0.05, 0.1) is 10.6 Å². The summed E-state index contributed by atoms with van der Waals surface area (Å²) < 4.78 is 27.1. The number of aliphatic carboxylic acids is 1. The van der Waals surface area contributed by atoms with E-state index < -0.39 is 21.5 Å². The van der Waals surface area contributed by atoms with Gasteiger partial charge in [0, 0.05) is 12.0 Å². The third-order valence-corrected chi connectivity index (χ3v) is 4.81. The lowest BCUT2D eigenvalue weighted by Gasteiger charge is -2.25. The molecule has 0 saturated carbocycles. The van der Waals surface area contributed by atoms with Crippen molar-refractivity contribution in [1.82, 2.24) is 4.72 Å². The fraction of sp³-hybridized carbons (Fsp3) is 0.385. The summed E-state index contributed by atoms with van der Waals surface area (Å²) in [6, 6.07) is 5.90. The molecule has 0 radical (unpaired) electrons. The Balaban J connectivity index is 3.11. The Kier molecular flexibility index (Phi) is 5.34. The minimum absolute atomic E-state index is 0.0451. The van der Waals surface area contributed by atoms with Gasteiger partial charge in [-0.3, -0.25) is 4.79 Å². The number of nitrogens with zero attached hydrogens (tertiary/aromatic N) is 1. The quantitative estimate of drug-likeness (QED) is 0.830. The van der Waals surface area contributed by atoms with Crippen molar-refractivity contribution in [2.24, 2.45) is 0 Å². The van der Waals surface area contributed by atoms with Gasteiger partial charge in [-0.25, -0.2) is 13.1 Å². The lowest BCUT2D eigenvalue weighted by Crippen LogP contribution is -2.43. The van der Waals surface area contributed by atoms with E-state index in [9.17, 15) is 13.2 Å². The Labute approximate surface area is 128 Å². The first-order chi connectivity index (χ1) is 9.59. The average Bonchev–Trinajstić information content (AvgIpc) is 2.35. The minimum Gasteiger partial charge on any atom is -0.481 e. The predicted octanol–water partition coefficient (Wildman–Crippen LogP) is 2.13. The largest absolute Gasteiger partial charge is 0.481 e. The minimum atomic E-state index is -3.98. The number of halogens is 1. The molecule has 114 valence electrons. The second kappa shape index (κ2) is 6.43. The van der Waals surface area contributed by atoms with Crippen LogP contribution in [0, 0.1) is 11.3 Å². The molecule has 0 aliphatic rings. The van der Waals surface area contributed by atoms with Crippen molar-refractivity contribution in [3.8, 4) is 6.07 Å². The van der Waals surface area contributed by atoms with Gasteiger partial charge in [0.15, 0.2) is 0 Å². The maximum atomic E-state index is 12.4. The first-order valence-electron chi connectivity index (χ1n) is 6.03. The van der Waals surface area contributed by atoms with E-state index in [1.807, 2.05) is 0 Å². The summed E-state index contributed by atoms with van der Waals surface area (Å²) in [5, 5.41) is 17.8. The summed E-state index contributed by atoms with van der Waals surface area (Å²) in [4.78, 5) is 10.4. The molecule has 0 unspecified atom stereocenters. The van der Waals surface area contributed by atoms with Crippen LogP contribution in [0.15, 0.2) is 23.1 Å². The molecular formula is C13H15ClN2O4S. The van der Waals surface area contributed by atoms with Crippen LogP contribution in [0.2, 0.25) is 5.02 Å². The highest BCUT2D eigenvalue weighted by atomic mass is 35.5. The monoisotopic (exact) mass is 330 g/mol. The van der Waals surface area contributed by atoms with Gasteiger partial charge in [-0.15, -0.1) is 0 Å². The van der Waals surface area contributed by atoms with Gasteiger partial charge in [0.2, 0.25) is 10.0 Å². The Morgan fingerprint density at radius 2 is 2.10 bits per heavy atom. The number of rotatable bonds is 6. The fourth-order valence-corrected chi connectivity index (χ4v) is 3.62. The molecule has 1 aromatic carbocycles. The van der Waals surface area contributed by atoms with Crippen molar-refractivity contribution in [3.05, 3.63) is 28.8 Å². The van der Waals surface area contributed by atoms with E-state index >= 15 is 0 Å². The normalized spacial score (nSPS) is 11.9. The molecule has 8 heteroatoms. The summed E-state index contributed by atoms with van der Waals surface area (Å²) >= 11 is 5.82. The molecule has 0 atom stereocenters. The van der Waals surface area contributed by atoms with E-state index in [1.165, 1.54) is 18.2 Å². The molecule has 0 aliphatic heterocycles. The van der Waals surface area contributed by atoms with Crippen LogP contribution in [0.4, 0.5) is 0 Å². The summed E-state index contributed by atoms with van der Waals surface area (Å²) in [6.07, 6.45) is -0.0554. The molecule has 0 amide bonds. The summed E-state index contributed by atoms with van der Waals surface area (Å²) in [6.45, 7) is 3.15. The third-order valence-electron chi connectivity index (χ3n) is 2.75. The smallest absolute Gasteiger partial charge is 0.303 e. The SMILES string of the molecule is CC(C)(CCC(=O)O)NS(=O)(=O)c1cccc(Cl)c1C#N. The molecule has 0 saturated heterocycles.